The summed E-state index contributed by atoms with van der Waals surface area (Å²) in [4.78, 5) is 11.7. The van der Waals surface area contributed by atoms with Gasteiger partial charge in [-0.3, -0.25) is 0 Å². The van der Waals surface area contributed by atoms with E-state index in [2.05, 4.69) is 12.7 Å². The van der Waals surface area contributed by atoms with E-state index in [1.54, 1.807) is 0 Å². The molecular formula is C15H20O4. The van der Waals surface area contributed by atoms with Gasteiger partial charge in [-0.15, -0.1) is 0 Å². The highest BCUT2D eigenvalue weighted by atomic mass is 16.6. The van der Waals surface area contributed by atoms with Crippen LogP contribution in [0, 0.1) is 5.92 Å². The van der Waals surface area contributed by atoms with Gasteiger partial charge < -0.3 is 14.6 Å². The quantitative estimate of drug-likeness (QED) is 0.313. The van der Waals surface area contributed by atoms with Crippen LogP contribution in [0.1, 0.15) is 33.1 Å². The van der Waals surface area contributed by atoms with Crippen molar-refractivity contribution in [3.8, 4) is 0 Å². The van der Waals surface area contributed by atoms with Crippen molar-refractivity contribution in [1.82, 2.24) is 0 Å². The van der Waals surface area contributed by atoms with E-state index in [0.717, 1.165) is 18.4 Å². The van der Waals surface area contributed by atoms with Gasteiger partial charge in [-0.05, 0) is 33.1 Å². The van der Waals surface area contributed by atoms with Gasteiger partial charge in [-0.25, -0.2) is 4.79 Å². The number of hydrogen-bond donors (Lipinski definition) is 1. The lowest BCUT2D eigenvalue weighted by Crippen LogP contribution is -2.35. The Balaban J connectivity index is 1.93. The lowest BCUT2D eigenvalue weighted by molar-refractivity contribution is -0.140. The molecule has 0 radical (unpaired) electrons. The predicted octanol–water partition coefficient (Wildman–Crippen LogP) is 1.73. The highest BCUT2D eigenvalue weighted by Crippen LogP contribution is 2.49. The Hall–Kier alpha value is -1.13. The van der Waals surface area contributed by atoms with E-state index in [-0.39, 0.29) is 23.7 Å². The minimum atomic E-state index is -0.633. The number of hydrogen-bond acceptors (Lipinski definition) is 4. The number of aliphatic hydroxyl groups excluding tert-OH is 1. The number of fused-ring (bicyclic) bond motifs is 3. The first-order valence-corrected chi connectivity index (χ1v) is 6.84. The maximum atomic E-state index is 11.7. The minimum Gasteiger partial charge on any atom is -0.455 e. The molecule has 5 atom stereocenters. The van der Waals surface area contributed by atoms with Crippen LogP contribution < -0.4 is 0 Å². The van der Waals surface area contributed by atoms with Crippen molar-refractivity contribution < 1.29 is 19.4 Å². The molecule has 2 aliphatic heterocycles. The van der Waals surface area contributed by atoms with Crippen molar-refractivity contribution in [2.45, 2.75) is 57.0 Å². The topological polar surface area (TPSA) is 59.1 Å². The summed E-state index contributed by atoms with van der Waals surface area (Å²) in [6.45, 7) is 7.84. The van der Waals surface area contributed by atoms with Gasteiger partial charge >= 0.3 is 5.97 Å². The molecule has 0 aromatic rings. The van der Waals surface area contributed by atoms with Gasteiger partial charge in [-0.2, -0.15) is 0 Å². The molecule has 2 fully saturated rings. The Kier molecular flexibility index (Phi) is 2.84. The molecule has 4 heteroatoms. The van der Waals surface area contributed by atoms with Crippen LogP contribution in [0.25, 0.3) is 0 Å². The molecule has 1 aliphatic carbocycles. The Morgan fingerprint density at radius 2 is 2.26 bits per heavy atom. The summed E-state index contributed by atoms with van der Waals surface area (Å²) < 4.78 is 11.2. The van der Waals surface area contributed by atoms with Gasteiger partial charge in [0, 0.05) is 5.57 Å². The summed E-state index contributed by atoms with van der Waals surface area (Å²) in [6, 6.07) is 0. The summed E-state index contributed by atoms with van der Waals surface area (Å²) >= 11 is 0. The third-order valence-electron chi connectivity index (χ3n) is 4.58. The van der Waals surface area contributed by atoms with Crippen molar-refractivity contribution in [2.24, 2.45) is 5.92 Å². The van der Waals surface area contributed by atoms with E-state index in [0.29, 0.717) is 12.0 Å². The van der Waals surface area contributed by atoms with Gasteiger partial charge in [-0.1, -0.05) is 18.2 Å². The molecule has 0 aromatic heterocycles. The Bertz CT molecular complexity index is 467. The van der Waals surface area contributed by atoms with Crippen LogP contribution in [0.2, 0.25) is 0 Å². The first-order chi connectivity index (χ1) is 8.92. The van der Waals surface area contributed by atoms with Crippen molar-refractivity contribution >= 4 is 5.97 Å². The fraction of sp³-hybridized carbons (Fsp3) is 0.667. The fourth-order valence-corrected chi connectivity index (χ4v) is 3.33. The van der Waals surface area contributed by atoms with Gasteiger partial charge in [0.1, 0.15) is 12.2 Å². The largest absolute Gasteiger partial charge is 0.455 e. The number of rotatable bonds is 0. The standard InChI is InChI=1S/C15H20O4/c1-8-5-4-6-15(3)13(19-15)12-11(10(16)7-8)9(2)14(17)18-12/h5,10-13,16H,2,4,6-7H2,1,3H3/t10?,11-,12?,13?,15-/m1/s1. The van der Waals surface area contributed by atoms with Crippen molar-refractivity contribution in [3.05, 3.63) is 23.8 Å². The Morgan fingerprint density at radius 3 is 3.00 bits per heavy atom. The van der Waals surface area contributed by atoms with Crippen molar-refractivity contribution in [3.63, 3.8) is 0 Å². The number of carbonyl (C=O) groups excluding carboxylic acids is 1. The van der Waals surface area contributed by atoms with E-state index in [1.165, 1.54) is 0 Å². The van der Waals surface area contributed by atoms with Crippen LogP contribution >= 0.6 is 0 Å². The number of aliphatic hydroxyl groups is 1. The third kappa shape index (κ3) is 2.03. The van der Waals surface area contributed by atoms with Gasteiger partial charge in [0.15, 0.2) is 0 Å². The summed E-state index contributed by atoms with van der Waals surface area (Å²) in [5.41, 5.74) is 1.28. The number of ether oxygens (including phenoxy) is 2. The zero-order valence-electron chi connectivity index (χ0n) is 11.4. The molecule has 19 heavy (non-hydrogen) atoms. The fourth-order valence-electron chi connectivity index (χ4n) is 3.33. The van der Waals surface area contributed by atoms with Gasteiger partial charge in [0.25, 0.3) is 0 Å². The molecule has 2 saturated heterocycles. The molecule has 4 nitrogen and oxygen atoms in total. The highest BCUT2D eigenvalue weighted by molar-refractivity contribution is 5.91. The molecule has 0 spiro atoms. The smallest absolute Gasteiger partial charge is 0.334 e. The van der Waals surface area contributed by atoms with Crippen LogP contribution in [-0.4, -0.2) is 35.0 Å². The molecule has 0 amide bonds. The van der Waals surface area contributed by atoms with Gasteiger partial charge in [0.2, 0.25) is 0 Å². The van der Waals surface area contributed by atoms with E-state index in [4.69, 9.17) is 9.47 Å². The molecule has 0 bridgehead atoms. The number of allylic oxidation sites excluding steroid dienone is 1. The van der Waals surface area contributed by atoms with Crippen LogP contribution in [-0.2, 0) is 14.3 Å². The summed E-state index contributed by atoms with van der Waals surface area (Å²) in [5.74, 6) is -0.742. The molecule has 3 rings (SSSR count). The van der Waals surface area contributed by atoms with Crippen LogP contribution in [0.4, 0.5) is 0 Å². The molecule has 3 unspecified atom stereocenters. The number of esters is 1. The van der Waals surface area contributed by atoms with Crippen LogP contribution in [0.15, 0.2) is 23.8 Å². The zero-order valence-corrected chi connectivity index (χ0v) is 11.4. The summed E-state index contributed by atoms with van der Waals surface area (Å²) in [5, 5.41) is 10.4. The minimum absolute atomic E-state index is 0.109. The van der Waals surface area contributed by atoms with E-state index < -0.39 is 12.1 Å². The normalized spacial score (nSPS) is 45.9. The second-order valence-electron chi connectivity index (χ2n) is 6.13. The van der Waals surface area contributed by atoms with E-state index in [1.807, 2.05) is 13.8 Å². The second-order valence-corrected chi connectivity index (χ2v) is 6.13. The lowest BCUT2D eigenvalue weighted by atomic mass is 9.82. The first-order valence-electron chi connectivity index (χ1n) is 6.84. The second kappa shape index (κ2) is 4.18. The average molecular weight is 264 g/mol. The first kappa shape index (κ1) is 12.9. The molecule has 2 heterocycles. The zero-order chi connectivity index (χ0) is 13.8. The summed E-state index contributed by atoms with van der Waals surface area (Å²) in [7, 11) is 0. The maximum absolute atomic E-state index is 11.7. The van der Waals surface area contributed by atoms with Crippen LogP contribution in [0.3, 0.4) is 0 Å². The molecule has 104 valence electrons. The average Bonchev–Trinajstić information content (AvgIpc) is 2.89. The van der Waals surface area contributed by atoms with Crippen LogP contribution in [0.5, 0.6) is 0 Å². The highest BCUT2D eigenvalue weighted by Gasteiger charge is 2.62. The molecule has 1 N–H and O–H groups in total. The van der Waals surface area contributed by atoms with Crippen molar-refractivity contribution in [1.29, 1.82) is 0 Å². The monoisotopic (exact) mass is 264 g/mol. The van der Waals surface area contributed by atoms with E-state index in [9.17, 15) is 9.90 Å². The van der Waals surface area contributed by atoms with E-state index >= 15 is 0 Å². The molecule has 3 aliphatic rings. The van der Waals surface area contributed by atoms with Gasteiger partial charge in [0.05, 0.1) is 17.6 Å². The maximum Gasteiger partial charge on any atom is 0.334 e. The summed E-state index contributed by atoms with van der Waals surface area (Å²) in [6.07, 6.45) is 3.42. The lowest BCUT2D eigenvalue weighted by Gasteiger charge is -2.24. The number of epoxide rings is 1. The predicted molar refractivity (Wildman–Crippen MR) is 69.4 cm³/mol. The Morgan fingerprint density at radius 1 is 1.53 bits per heavy atom. The third-order valence-corrected chi connectivity index (χ3v) is 4.58. The Labute approximate surface area is 113 Å². The van der Waals surface area contributed by atoms with Crippen molar-refractivity contribution in [2.75, 3.05) is 0 Å². The molecule has 0 saturated carbocycles. The number of carbonyl (C=O) groups is 1. The SMILES string of the molecule is C=C1C(=O)OC2C3O[C@]3(C)CCC=C(C)CC(O)[C@@H]12. The molecular weight excluding hydrogens is 244 g/mol. The molecule has 0 aromatic carbocycles.